The molecule has 0 saturated heterocycles. The van der Waals surface area contributed by atoms with Gasteiger partial charge < -0.3 is 5.73 Å². The van der Waals surface area contributed by atoms with Crippen molar-refractivity contribution in [2.75, 3.05) is 5.73 Å². The van der Waals surface area contributed by atoms with Gasteiger partial charge in [-0.3, -0.25) is 4.98 Å². The molecule has 0 fully saturated rings. The Morgan fingerprint density at radius 2 is 1.76 bits per heavy atom. The predicted octanol–water partition coefficient (Wildman–Crippen LogP) is 3.76. The number of nitrogen functional groups attached to an aromatic ring is 1. The van der Waals surface area contributed by atoms with Crippen molar-refractivity contribution in [3.63, 3.8) is 0 Å². The maximum absolute atomic E-state index is 5.71. The SMILES string of the molecule is Cc1cc(N)cnc1-c1ccc(C(C)C)cc1. The molecule has 0 spiro atoms. The van der Waals surface area contributed by atoms with E-state index in [2.05, 4.69) is 43.1 Å². The minimum Gasteiger partial charge on any atom is -0.397 e. The second-order valence-electron chi connectivity index (χ2n) is 4.71. The first-order chi connectivity index (χ1) is 8.08. The molecule has 2 rings (SSSR count). The highest BCUT2D eigenvalue weighted by Gasteiger charge is 2.05. The van der Waals surface area contributed by atoms with Crippen molar-refractivity contribution in [3.05, 3.63) is 47.7 Å². The van der Waals surface area contributed by atoms with Crippen molar-refractivity contribution in [2.45, 2.75) is 26.7 Å². The van der Waals surface area contributed by atoms with Crippen LogP contribution in [0, 0.1) is 6.92 Å². The molecule has 17 heavy (non-hydrogen) atoms. The first-order valence-corrected chi connectivity index (χ1v) is 5.90. The van der Waals surface area contributed by atoms with E-state index in [0.717, 1.165) is 16.8 Å². The number of rotatable bonds is 2. The van der Waals surface area contributed by atoms with Crippen LogP contribution in [0.1, 0.15) is 30.9 Å². The fourth-order valence-corrected chi connectivity index (χ4v) is 1.92. The monoisotopic (exact) mass is 226 g/mol. The number of anilines is 1. The van der Waals surface area contributed by atoms with Crippen LogP contribution in [0.4, 0.5) is 5.69 Å². The summed E-state index contributed by atoms with van der Waals surface area (Å²) in [5.74, 6) is 0.560. The Hall–Kier alpha value is -1.83. The van der Waals surface area contributed by atoms with E-state index in [1.165, 1.54) is 5.56 Å². The van der Waals surface area contributed by atoms with Crippen LogP contribution in [0.25, 0.3) is 11.3 Å². The lowest BCUT2D eigenvalue weighted by Gasteiger charge is -2.08. The Morgan fingerprint density at radius 3 is 2.29 bits per heavy atom. The third-order valence-electron chi connectivity index (χ3n) is 2.95. The number of aromatic nitrogens is 1. The van der Waals surface area contributed by atoms with E-state index >= 15 is 0 Å². The molecule has 0 aliphatic rings. The van der Waals surface area contributed by atoms with Gasteiger partial charge in [-0.05, 0) is 30.0 Å². The van der Waals surface area contributed by atoms with Gasteiger partial charge in [0.05, 0.1) is 17.6 Å². The highest BCUT2D eigenvalue weighted by Crippen LogP contribution is 2.24. The molecular weight excluding hydrogens is 208 g/mol. The van der Waals surface area contributed by atoms with Gasteiger partial charge in [-0.15, -0.1) is 0 Å². The zero-order valence-electron chi connectivity index (χ0n) is 10.6. The zero-order chi connectivity index (χ0) is 12.4. The number of hydrogen-bond acceptors (Lipinski definition) is 2. The number of nitrogens with zero attached hydrogens (tertiary/aromatic N) is 1. The summed E-state index contributed by atoms with van der Waals surface area (Å²) in [6.07, 6.45) is 1.71. The summed E-state index contributed by atoms with van der Waals surface area (Å²) < 4.78 is 0. The first kappa shape index (κ1) is 11.6. The molecule has 1 aromatic carbocycles. The van der Waals surface area contributed by atoms with E-state index in [-0.39, 0.29) is 0 Å². The lowest BCUT2D eigenvalue weighted by atomic mass is 9.99. The number of hydrogen-bond donors (Lipinski definition) is 1. The summed E-state index contributed by atoms with van der Waals surface area (Å²) in [6, 6.07) is 10.5. The molecule has 1 aromatic heterocycles. The van der Waals surface area contributed by atoms with Gasteiger partial charge in [0.15, 0.2) is 0 Å². The summed E-state index contributed by atoms with van der Waals surface area (Å²) in [6.45, 7) is 6.43. The Bertz CT molecular complexity index is 513. The quantitative estimate of drug-likeness (QED) is 0.846. The van der Waals surface area contributed by atoms with Crippen molar-refractivity contribution in [3.8, 4) is 11.3 Å². The molecule has 2 aromatic rings. The lowest BCUT2D eigenvalue weighted by Crippen LogP contribution is -1.93. The van der Waals surface area contributed by atoms with Gasteiger partial charge in [0.2, 0.25) is 0 Å². The second-order valence-corrected chi connectivity index (χ2v) is 4.71. The van der Waals surface area contributed by atoms with Crippen LogP contribution in [-0.2, 0) is 0 Å². The highest BCUT2D eigenvalue weighted by atomic mass is 14.7. The minimum absolute atomic E-state index is 0.560. The van der Waals surface area contributed by atoms with Crippen LogP contribution >= 0.6 is 0 Å². The number of aryl methyl sites for hydroxylation is 1. The van der Waals surface area contributed by atoms with Crippen molar-refractivity contribution in [2.24, 2.45) is 0 Å². The van der Waals surface area contributed by atoms with Crippen molar-refractivity contribution >= 4 is 5.69 Å². The maximum Gasteiger partial charge on any atom is 0.0732 e. The van der Waals surface area contributed by atoms with Gasteiger partial charge in [0, 0.05) is 5.56 Å². The molecule has 2 nitrogen and oxygen atoms in total. The molecule has 0 aliphatic heterocycles. The molecule has 0 atom stereocenters. The number of nitrogens with two attached hydrogens (primary N) is 1. The second kappa shape index (κ2) is 4.58. The fourth-order valence-electron chi connectivity index (χ4n) is 1.92. The summed E-state index contributed by atoms with van der Waals surface area (Å²) in [5.41, 5.74) is 11.0. The summed E-state index contributed by atoms with van der Waals surface area (Å²) in [4.78, 5) is 4.40. The summed E-state index contributed by atoms with van der Waals surface area (Å²) in [7, 11) is 0. The molecule has 1 heterocycles. The predicted molar refractivity (Wildman–Crippen MR) is 72.9 cm³/mol. The molecule has 2 N–H and O–H groups in total. The smallest absolute Gasteiger partial charge is 0.0732 e. The molecule has 0 unspecified atom stereocenters. The Morgan fingerprint density at radius 1 is 1.12 bits per heavy atom. The number of benzene rings is 1. The molecular formula is C15H18N2. The van der Waals surface area contributed by atoms with E-state index in [0.29, 0.717) is 11.6 Å². The zero-order valence-corrected chi connectivity index (χ0v) is 10.6. The minimum atomic E-state index is 0.560. The van der Waals surface area contributed by atoms with Crippen molar-refractivity contribution < 1.29 is 0 Å². The third-order valence-corrected chi connectivity index (χ3v) is 2.95. The molecule has 0 bridgehead atoms. The molecule has 0 saturated carbocycles. The standard InChI is InChI=1S/C15H18N2/c1-10(2)12-4-6-13(7-5-12)15-11(3)8-14(16)9-17-15/h4-10H,16H2,1-3H3. The van der Waals surface area contributed by atoms with Crippen LogP contribution in [0.15, 0.2) is 36.5 Å². The normalized spacial score (nSPS) is 10.8. The third kappa shape index (κ3) is 2.47. The first-order valence-electron chi connectivity index (χ1n) is 5.90. The van der Waals surface area contributed by atoms with E-state index in [1.54, 1.807) is 6.20 Å². The van der Waals surface area contributed by atoms with Gasteiger partial charge >= 0.3 is 0 Å². The van der Waals surface area contributed by atoms with Crippen LogP contribution in [0.5, 0.6) is 0 Å². The van der Waals surface area contributed by atoms with Gasteiger partial charge in [-0.2, -0.15) is 0 Å². The van der Waals surface area contributed by atoms with Gasteiger partial charge in [0.1, 0.15) is 0 Å². The average molecular weight is 226 g/mol. The maximum atomic E-state index is 5.71. The van der Waals surface area contributed by atoms with E-state index in [1.807, 2.05) is 13.0 Å². The van der Waals surface area contributed by atoms with Gasteiger partial charge in [-0.25, -0.2) is 0 Å². The summed E-state index contributed by atoms with van der Waals surface area (Å²) in [5, 5.41) is 0. The lowest BCUT2D eigenvalue weighted by molar-refractivity contribution is 0.867. The Balaban J connectivity index is 2.40. The Kier molecular flexibility index (Phi) is 3.14. The van der Waals surface area contributed by atoms with E-state index in [4.69, 9.17) is 5.73 Å². The molecule has 0 amide bonds. The summed E-state index contributed by atoms with van der Waals surface area (Å²) >= 11 is 0. The van der Waals surface area contributed by atoms with Crippen molar-refractivity contribution in [1.29, 1.82) is 0 Å². The molecule has 0 radical (unpaired) electrons. The molecule has 2 heteroatoms. The topological polar surface area (TPSA) is 38.9 Å². The van der Waals surface area contributed by atoms with Crippen LogP contribution in [-0.4, -0.2) is 4.98 Å². The van der Waals surface area contributed by atoms with Gasteiger partial charge in [-0.1, -0.05) is 38.1 Å². The fraction of sp³-hybridized carbons (Fsp3) is 0.267. The van der Waals surface area contributed by atoms with Gasteiger partial charge in [0.25, 0.3) is 0 Å². The highest BCUT2D eigenvalue weighted by molar-refractivity contribution is 5.65. The van der Waals surface area contributed by atoms with Crippen LogP contribution < -0.4 is 5.73 Å². The van der Waals surface area contributed by atoms with Crippen LogP contribution in [0.3, 0.4) is 0 Å². The largest absolute Gasteiger partial charge is 0.397 e. The van der Waals surface area contributed by atoms with Crippen LogP contribution in [0.2, 0.25) is 0 Å². The average Bonchev–Trinajstić information content (AvgIpc) is 2.29. The molecule has 0 aliphatic carbocycles. The van der Waals surface area contributed by atoms with E-state index in [9.17, 15) is 0 Å². The number of pyridine rings is 1. The van der Waals surface area contributed by atoms with E-state index < -0.39 is 0 Å². The Labute approximate surface area is 103 Å². The molecule has 88 valence electrons. The van der Waals surface area contributed by atoms with Crippen molar-refractivity contribution in [1.82, 2.24) is 4.98 Å².